The third-order valence-electron chi connectivity index (χ3n) is 2.56. The van der Waals surface area contributed by atoms with Gasteiger partial charge in [-0.25, -0.2) is 4.39 Å². The first kappa shape index (κ1) is 12.9. The Bertz CT molecular complexity index is 645. The van der Waals surface area contributed by atoms with Crippen LogP contribution >= 0.6 is 0 Å². The zero-order valence-corrected chi connectivity index (χ0v) is 9.98. The molecule has 0 aliphatic rings. The molecule has 0 saturated heterocycles. The van der Waals surface area contributed by atoms with E-state index in [1.807, 2.05) is 0 Å². The van der Waals surface area contributed by atoms with E-state index in [9.17, 15) is 18.9 Å². The number of benzene rings is 2. The fraction of sp³-hybridized carbons (Fsp3) is 0.0769. The Kier molecular flexibility index (Phi) is 3.41. The number of nitrogens with zero attached hydrogens (tertiary/aromatic N) is 1. The summed E-state index contributed by atoms with van der Waals surface area (Å²) in [5, 5.41) is 13.4. The van der Waals surface area contributed by atoms with Gasteiger partial charge in [0.2, 0.25) is 5.82 Å². The maximum atomic E-state index is 13.6. The molecule has 98 valence electrons. The molecule has 2 aromatic carbocycles. The number of nitrogens with one attached hydrogen (secondary N) is 1. The van der Waals surface area contributed by atoms with Gasteiger partial charge in [-0.3, -0.25) is 10.1 Å². The Morgan fingerprint density at radius 1 is 1.11 bits per heavy atom. The van der Waals surface area contributed by atoms with E-state index in [1.54, 1.807) is 13.0 Å². The van der Waals surface area contributed by atoms with Crippen LogP contribution in [-0.2, 0) is 0 Å². The van der Waals surface area contributed by atoms with Crippen LogP contribution < -0.4 is 5.32 Å². The summed E-state index contributed by atoms with van der Waals surface area (Å²) < 4.78 is 27.0. The molecule has 0 saturated carbocycles. The third-order valence-corrected chi connectivity index (χ3v) is 2.56. The van der Waals surface area contributed by atoms with Crippen LogP contribution in [0.5, 0.6) is 0 Å². The summed E-state index contributed by atoms with van der Waals surface area (Å²) >= 11 is 0. The molecule has 19 heavy (non-hydrogen) atoms. The average Bonchev–Trinajstić information content (AvgIpc) is 2.33. The smallest absolute Gasteiger partial charge is 0.327 e. The monoisotopic (exact) mass is 264 g/mol. The number of hydrogen-bond donors (Lipinski definition) is 1. The maximum Gasteiger partial charge on any atom is 0.327 e. The second kappa shape index (κ2) is 5.01. The minimum absolute atomic E-state index is 0.0636. The predicted molar refractivity (Wildman–Crippen MR) is 67.5 cm³/mol. The van der Waals surface area contributed by atoms with Crippen LogP contribution in [0.25, 0.3) is 0 Å². The molecular formula is C13H10F2N2O2. The van der Waals surface area contributed by atoms with Crippen LogP contribution in [0.3, 0.4) is 0 Å². The SMILES string of the molecule is Cc1ccc(F)c(Nc2cccc(F)c2[N+](=O)[O-])c1. The predicted octanol–water partition coefficient (Wildman–Crippen LogP) is 3.93. The number of nitro benzene ring substituents is 1. The Morgan fingerprint density at radius 2 is 1.84 bits per heavy atom. The maximum absolute atomic E-state index is 13.6. The first-order chi connectivity index (χ1) is 8.99. The molecule has 0 spiro atoms. The number of hydrogen-bond acceptors (Lipinski definition) is 3. The Labute approximate surface area is 107 Å². The number of rotatable bonds is 3. The molecule has 0 heterocycles. The third kappa shape index (κ3) is 2.67. The van der Waals surface area contributed by atoms with Crippen molar-refractivity contribution in [3.05, 3.63) is 63.7 Å². The molecule has 2 rings (SSSR count). The highest BCUT2D eigenvalue weighted by molar-refractivity contribution is 5.70. The molecule has 0 radical (unpaired) electrons. The minimum atomic E-state index is -0.969. The van der Waals surface area contributed by atoms with Crippen molar-refractivity contribution >= 4 is 17.1 Å². The van der Waals surface area contributed by atoms with Crippen molar-refractivity contribution in [2.75, 3.05) is 5.32 Å². The highest BCUT2D eigenvalue weighted by atomic mass is 19.1. The number of aryl methyl sites for hydroxylation is 1. The van der Waals surface area contributed by atoms with E-state index in [0.29, 0.717) is 0 Å². The zero-order valence-electron chi connectivity index (χ0n) is 9.98. The molecule has 0 bridgehead atoms. The van der Waals surface area contributed by atoms with Crippen LogP contribution in [0.2, 0.25) is 0 Å². The topological polar surface area (TPSA) is 55.2 Å². The van der Waals surface area contributed by atoms with Gasteiger partial charge in [0.05, 0.1) is 10.6 Å². The van der Waals surface area contributed by atoms with Crippen LogP contribution in [-0.4, -0.2) is 4.92 Å². The molecule has 0 amide bonds. The highest BCUT2D eigenvalue weighted by Gasteiger charge is 2.20. The van der Waals surface area contributed by atoms with E-state index in [1.165, 1.54) is 24.3 Å². The minimum Gasteiger partial charge on any atom is -0.347 e. The van der Waals surface area contributed by atoms with E-state index >= 15 is 0 Å². The van der Waals surface area contributed by atoms with E-state index in [2.05, 4.69) is 5.32 Å². The number of nitro groups is 1. The summed E-state index contributed by atoms with van der Waals surface area (Å²) in [5.74, 6) is -1.53. The van der Waals surface area contributed by atoms with Gasteiger partial charge in [-0.1, -0.05) is 12.1 Å². The van der Waals surface area contributed by atoms with E-state index < -0.39 is 22.2 Å². The van der Waals surface area contributed by atoms with Crippen molar-refractivity contribution in [3.63, 3.8) is 0 Å². The van der Waals surface area contributed by atoms with E-state index in [-0.39, 0.29) is 11.4 Å². The molecule has 0 fully saturated rings. The van der Waals surface area contributed by atoms with Crippen molar-refractivity contribution in [2.24, 2.45) is 0 Å². The first-order valence-electron chi connectivity index (χ1n) is 5.45. The molecule has 0 aliphatic heterocycles. The van der Waals surface area contributed by atoms with E-state index in [0.717, 1.165) is 11.6 Å². The summed E-state index contributed by atoms with van der Waals surface area (Å²) in [7, 11) is 0. The van der Waals surface area contributed by atoms with Crippen molar-refractivity contribution in [3.8, 4) is 0 Å². The van der Waals surface area contributed by atoms with Crippen molar-refractivity contribution in [2.45, 2.75) is 6.92 Å². The molecule has 2 aromatic rings. The van der Waals surface area contributed by atoms with Gasteiger partial charge in [0.15, 0.2) is 0 Å². The molecule has 0 aromatic heterocycles. The molecule has 4 nitrogen and oxygen atoms in total. The zero-order chi connectivity index (χ0) is 14.0. The second-order valence-electron chi connectivity index (χ2n) is 4.00. The van der Waals surface area contributed by atoms with Gasteiger partial charge in [-0.2, -0.15) is 4.39 Å². The number of halogens is 2. The largest absolute Gasteiger partial charge is 0.347 e. The number of anilines is 2. The van der Waals surface area contributed by atoms with Crippen LogP contribution in [0, 0.1) is 28.7 Å². The lowest BCUT2D eigenvalue weighted by Gasteiger charge is -2.09. The normalized spacial score (nSPS) is 10.3. The van der Waals surface area contributed by atoms with Gasteiger partial charge in [-0.15, -0.1) is 0 Å². The van der Waals surface area contributed by atoms with Crippen LogP contribution in [0.4, 0.5) is 25.8 Å². The lowest BCUT2D eigenvalue weighted by atomic mass is 10.2. The van der Waals surface area contributed by atoms with Gasteiger partial charge in [0.25, 0.3) is 0 Å². The summed E-state index contributed by atoms with van der Waals surface area (Å²) in [6.07, 6.45) is 0. The quantitative estimate of drug-likeness (QED) is 0.675. The van der Waals surface area contributed by atoms with Crippen molar-refractivity contribution < 1.29 is 13.7 Å². The summed E-state index contributed by atoms with van der Waals surface area (Å²) in [5.41, 5.74) is 0.0505. The van der Waals surface area contributed by atoms with Gasteiger partial charge in [0.1, 0.15) is 11.5 Å². The Balaban J connectivity index is 2.46. The van der Waals surface area contributed by atoms with Crippen LogP contribution in [0.15, 0.2) is 36.4 Å². The number of para-hydroxylation sites is 1. The van der Waals surface area contributed by atoms with E-state index in [4.69, 9.17) is 0 Å². The van der Waals surface area contributed by atoms with Gasteiger partial charge >= 0.3 is 5.69 Å². The standard InChI is InChI=1S/C13H10F2N2O2/c1-8-5-6-9(14)12(7-8)16-11-4-2-3-10(15)13(11)17(18)19/h2-7,16H,1H3. The highest BCUT2D eigenvalue weighted by Crippen LogP contribution is 2.31. The summed E-state index contributed by atoms with van der Waals surface area (Å²) in [4.78, 5) is 9.97. The van der Waals surface area contributed by atoms with Crippen molar-refractivity contribution in [1.29, 1.82) is 0 Å². The van der Waals surface area contributed by atoms with Gasteiger partial charge in [0, 0.05) is 0 Å². The second-order valence-corrected chi connectivity index (χ2v) is 4.00. The first-order valence-corrected chi connectivity index (χ1v) is 5.45. The molecule has 6 heteroatoms. The Morgan fingerprint density at radius 3 is 2.53 bits per heavy atom. The summed E-state index contributed by atoms with van der Waals surface area (Å²) in [6, 6.07) is 7.92. The molecule has 1 N–H and O–H groups in total. The lowest BCUT2D eigenvalue weighted by Crippen LogP contribution is -2.01. The lowest BCUT2D eigenvalue weighted by molar-refractivity contribution is -0.386. The molecule has 0 unspecified atom stereocenters. The van der Waals surface area contributed by atoms with Gasteiger partial charge < -0.3 is 5.32 Å². The molecular weight excluding hydrogens is 254 g/mol. The fourth-order valence-corrected chi connectivity index (χ4v) is 1.68. The fourth-order valence-electron chi connectivity index (χ4n) is 1.68. The Hall–Kier alpha value is -2.50. The molecule has 0 atom stereocenters. The van der Waals surface area contributed by atoms with Crippen LogP contribution in [0.1, 0.15) is 5.56 Å². The van der Waals surface area contributed by atoms with Gasteiger partial charge in [-0.05, 0) is 36.8 Å². The van der Waals surface area contributed by atoms with Crippen molar-refractivity contribution in [1.82, 2.24) is 0 Å². The average molecular weight is 264 g/mol. The molecule has 0 aliphatic carbocycles. The summed E-state index contributed by atoms with van der Waals surface area (Å²) in [6.45, 7) is 1.75.